The van der Waals surface area contributed by atoms with E-state index in [9.17, 15) is 4.21 Å². The fourth-order valence-electron chi connectivity index (χ4n) is 1.45. The van der Waals surface area contributed by atoms with E-state index in [-0.39, 0.29) is 0 Å². The molecule has 1 aromatic carbocycles. The van der Waals surface area contributed by atoms with Gasteiger partial charge in [-0.25, -0.2) is 0 Å². The Hall–Kier alpha value is -0.830. The molecule has 76 valence electrons. The van der Waals surface area contributed by atoms with Crippen LogP contribution in [0.3, 0.4) is 0 Å². The average molecular weight is 209 g/mol. The summed E-state index contributed by atoms with van der Waals surface area (Å²) in [6.45, 7) is 1.99. The first-order valence-corrected chi connectivity index (χ1v) is 6.23. The number of nitrogens with two attached hydrogens (primary N) is 1. The number of benzene rings is 1. The first kappa shape index (κ1) is 9.71. The summed E-state index contributed by atoms with van der Waals surface area (Å²) < 4.78 is 11.9. The van der Waals surface area contributed by atoms with Gasteiger partial charge < -0.3 is 5.73 Å². The lowest BCUT2D eigenvalue weighted by Gasteiger charge is -2.06. The Balaban J connectivity index is 2.20. The smallest absolute Gasteiger partial charge is 0.0535 e. The highest BCUT2D eigenvalue weighted by atomic mass is 32.2. The summed E-state index contributed by atoms with van der Waals surface area (Å²) in [5.41, 5.74) is 7.46. The number of hydrogen-bond donors (Lipinski definition) is 1. The first-order valence-electron chi connectivity index (χ1n) is 4.91. The van der Waals surface area contributed by atoms with Crippen molar-refractivity contribution in [3.05, 3.63) is 23.8 Å². The van der Waals surface area contributed by atoms with Crippen molar-refractivity contribution >= 4 is 16.5 Å². The number of aryl methyl sites for hydroxylation is 1. The topological polar surface area (TPSA) is 43.1 Å². The van der Waals surface area contributed by atoms with Crippen LogP contribution in [0.25, 0.3) is 0 Å². The third kappa shape index (κ3) is 2.15. The zero-order chi connectivity index (χ0) is 10.1. The van der Waals surface area contributed by atoms with Crippen molar-refractivity contribution in [3.63, 3.8) is 0 Å². The molecule has 0 bridgehead atoms. The molecule has 2 nitrogen and oxygen atoms in total. The van der Waals surface area contributed by atoms with Crippen LogP contribution in [0, 0.1) is 12.8 Å². The van der Waals surface area contributed by atoms with Crippen LogP contribution in [0.1, 0.15) is 18.4 Å². The molecular weight excluding hydrogens is 194 g/mol. The normalized spacial score (nSPS) is 18.1. The molecule has 2 N–H and O–H groups in total. The van der Waals surface area contributed by atoms with Gasteiger partial charge in [0, 0.05) is 16.3 Å². The van der Waals surface area contributed by atoms with Crippen LogP contribution in [0.15, 0.2) is 23.1 Å². The molecule has 0 spiro atoms. The Kier molecular flexibility index (Phi) is 2.59. The number of rotatable bonds is 3. The van der Waals surface area contributed by atoms with Crippen LogP contribution in [-0.4, -0.2) is 9.96 Å². The molecular formula is C11H15NOS. The van der Waals surface area contributed by atoms with Crippen LogP contribution in [-0.2, 0) is 10.8 Å². The second-order valence-corrected chi connectivity index (χ2v) is 5.44. The van der Waals surface area contributed by atoms with Gasteiger partial charge >= 0.3 is 0 Å². The van der Waals surface area contributed by atoms with Crippen LogP contribution < -0.4 is 5.73 Å². The van der Waals surface area contributed by atoms with Gasteiger partial charge in [0.25, 0.3) is 0 Å². The molecule has 0 saturated heterocycles. The van der Waals surface area contributed by atoms with E-state index >= 15 is 0 Å². The Morgan fingerprint density at radius 3 is 2.86 bits per heavy atom. The third-order valence-corrected chi connectivity index (χ3v) is 4.25. The summed E-state index contributed by atoms with van der Waals surface area (Å²) >= 11 is 0. The number of nitrogen functional groups attached to an aromatic ring is 1. The molecule has 2 rings (SSSR count). The van der Waals surface area contributed by atoms with Crippen molar-refractivity contribution in [2.75, 3.05) is 11.5 Å². The summed E-state index contributed by atoms with van der Waals surface area (Å²) in [6.07, 6.45) is 2.49. The molecule has 0 aliphatic heterocycles. The van der Waals surface area contributed by atoms with Crippen LogP contribution >= 0.6 is 0 Å². The molecule has 1 aromatic rings. The molecule has 1 saturated carbocycles. The van der Waals surface area contributed by atoms with E-state index in [0.717, 1.165) is 16.2 Å². The highest BCUT2D eigenvalue weighted by molar-refractivity contribution is 7.85. The van der Waals surface area contributed by atoms with Crippen molar-refractivity contribution in [2.45, 2.75) is 24.7 Å². The molecule has 1 aliphatic rings. The number of hydrogen-bond acceptors (Lipinski definition) is 2. The lowest BCUT2D eigenvalue weighted by molar-refractivity contribution is 0.679. The fraction of sp³-hybridized carbons (Fsp3) is 0.455. The molecule has 1 atom stereocenters. The SMILES string of the molecule is Cc1ccc(N)cc1S(=O)CC1CC1. The van der Waals surface area contributed by atoms with Gasteiger partial charge in [0.1, 0.15) is 0 Å². The maximum atomic E-state index is 11.9. The zero-order valence-electron chi connectivity index (χ0n) is 8.32. The van der Waals surface area contributed by atoms with E-state index in [1.54, 1.807) is 0 Å². The van der Waals surface area contributed by atoms with Crippen molar-refractivity contribution in [1.82, 2.24) is 0 Å². The van der Waals surface area contributed by atoms with Crippen molar-refractivity contribution in [2.24, 2.45) is 5.92 Å². The van der Waals surface area contributed by atoms with Gasteiger partial charge in [0.15, 0.2) is 0 Å². The van der Waals surface area contributed by atoms with Gasteiger partial charge in [-0.1, -0.05) is 6.07 Å². The van der Waals surface area contributed by atoms with E-state index in [4.69, 9.17) is 5.73 Å². The van der Waals surface area contributed by atoms with Crippen molar-refractivity contribution < 1.29 is 4.21 Å². The van der Waals surface area contributed by atoms with Crippen LogP contribution in [0.4, 0.5) is 5.69 Å². The quantitative estimate of drug-likeness (QED) is 0.775. The molecule has 14 heavy (non-hydrogen) atoms. The summed E-state index contributed by atoms with van der Waals surface area (Å²) in [5, 5.41) is 0. The highest BCUT2D eigenvalue weighted by Gasteiger charge is 2.24. The predicted molar refractivity (Wildman–Crippen MR) is 59.6 cm³/mol. The van der Waals surface area contributed by atoms with Gasteiger partial charge in [-0.05, 0) is 43.4 Å². The largest absolute Gasteiger partial charge is 0.399 e. The summed E-state index contributed by atoms with van der Waals surface area (Å²) in [6, 6.07) is 5.64. The van der Waals surface area contributed by atoms with Crippen molar-refractivity contribution in [1.29, 1.82) is 0 Å². The molecule has 0 heterocycles. The Bertz CT molecular complexity index is 372. The van der Waals surface area contributed by atoms with E-state index < -0.39 is 10.8 Å². The summed E-state index contributed by atoms with van der Waals surface area (Å²) in [5.74, 6) is 1.50. The molecule has 0 aromatic heterocycles. The average Bonchev–Trinajstić information content (AvgIpc) is 2.93. The predicted octanol–water partition coefficient (Wildman–Crippen LogP) is 2.09. The van der Waals surface area contributed by atoms with Crippen LogP contribution in [0.5, 0.6) is 0 Å². The molecule has 1 fully saturated rings. The first-order chi connectivity index (χ1) is 6.66. The van der Waals surface area contributed by atoms with Crippen molar-refractivity contribution in [3.8, 4) is 0 Å². The van der Waals surface area contributed by atoms with Gasteiger partial charge in [0.2, 0.25) is 0 Å². The second-order valence-electron chi connectivity index (χ2n) is 3.98. The fourth-order valence-corrected chi connectivity index (χ4v) is 3.09. The second kappa shape index (κ2) is 3.73. The van der Waals surface area contributed by atoms with E-state index in [0.29, 0.717) is 11.6 Å². The van der Waals surface area contributed by atoms with E-state index in [1.165, 1.54) is 12.8 Å². The highest BCUT2D eigenvalue weighted by Crippen LogP contribution is 2.31. The standard InChI is InChI=1S/C11H15NOS/c1-8-2-5-10(12)6-11(8)14(13)7-9-3-4-9/h2,5-6,9H,3-4,7,12H2,1H3. The summed E-state index contributed by atoms with van der Waals surface area (Å²) in [7, 11) is -0.853. The maximum absolute atomic E-state index is 11.9. The third-order valence-electron chi connectivity index (χ3n) is 2.54. The monoisotopic (exact) mass is 209 g/mol. The Morgan fingerprint density at radius 2 is 2.21 bits per heavy atom. The lowest BCUT2D eigenvalue weighted by atomic mass is 10.2. The van der Waals surface area contributed by atoms with Gasteiger partial charge in [-0.3, -0.25) is 4.21 Å². The van der Waals surface area contributed by atoms with Crippen LogP contribution in [0.2, 0.25) is 0 Å². The van der Waals surface area contributed by atoms with Gasteiger partial charge in [0.05, 0.1) is 10.8 Å². The Morgan fingerprint density at radius 1 is 1.50 bits per heavy atom. The number of anilines is 1. The maximum Gasteiger partial charge on any atom is 0.0535 e. The van der Waals surface area contributed by atoms with Gasteiger partial charge in [-0.2, -0.15) is 0 Å². The summed E-state index contributed by atoms with van der Waals surface area (Å²) in [4.78, 5) is 0.914. The minimum Gasteiger partial charge on any atom is -0.399 e. The Labute approximate surface area is 87.0 Å². The lowest BCUT2D eigenvalue weighted by Crippen LogP contribution is -2.02. The minimum absolute atomic E-state index is 0.691. The zero-order valence-corrected chi connectivity index (χ0v) is 9.14. The minimum atomic E-state index is -0.853. The molecule has 0 radical (unpaired) electrons. The molecule has 3 heteroatoms. The molecule has 0 amide bonds. The van der Waals surface area contributed by atoms with E-state index in [1.807, 2.05) is 25.1 Å². The molecule has 1 aliphatic carbocycles. The molecule has 1 unspecified atom stereocenters. The van der Waals surface area contributed by atoms with Gasteiger partial charge in [-0.15, -0.1) is 0 Å². The van der Waals surface area contributed by atoms with E-state index in [2.05, 4.69) is 0 Å².